The number of ether oxygens (including phenoxy) is 2. The summed E-state index contributed by atoms with van der Waals surface area (Å²) >= 11 is 0. The Bertz CT molecular complexity index is 117. The van der Waals surface area contributed by atoms with E-state index in [0.29, 0.717) is 32.7 Å². The van der Waals surface area contributed by atoms with Crippen LogP contribution in [0.4, 0.5) is 0 Å². The average molecular weight is 206 g/mol. The highest BCUT2D eigenvalue weighted by Gasteiger charge is 2.02. The fraction of sp³-hybridized carbons (Fsp3) is 1.00. The van der Waals surface area contributed by atoms with Crippen LogP contribution in [0.2, 0.25) is 0 Å². The van der Waals surface area contributed by atoms with Gasteiger partial charge in [-0.3, -0.25) is 0 Å². The molecule has 0 spiro atoms. The van der Waals surface area contributed by atoms with Crippen molar-refractivity contribution < 1.29 is 19.7 Å². The van der Waals surface area contributed by atoms with Crippen molar-refractivity contribution in [3.8, 4) is 0 Å². The highest BCUT2D eigenvalue weighted by Crippen LogP contribution is 1.96. The Morgan fingerprint density at radius 2 is 1.93 bits per heavy atom. The summed E-state index contributed by atoms with van der Waals surface area (Å²) in [5, 5.41) is 17.5. The van der Waals surface area contributed by atoms with Gasteiger partial charge in [0.15, 0.2) is 0 Å². The third-order valence-electron chi connectivity index (χ3n) is 1.74. The van der Waals surface area contributed by atoms with Crippen LogP contribution in [0.15, 0.2) is 0 Å². The van der Waals surface area contributed by atoms with Crippen LogP contribution in [0.5, 0.6) is 0 Å². The van der Waals surface area contributed by atoms with E-state index in [9.17, 15) is 0 Å². The molecule has 0 rings (SSSR count). The average Bonchev–Trinajstić information content (AvgIpc) is 2.13. The van der Waals surface area contributed by atoms with Crippen LogP contribution >= 0.6 is 0 Å². The lowest BCUT2D eigenvalue weighted by molar-refractivity contribution is -0.0164. The molecule has 4 nitrogen and oxygen atoms in total. The third-order valence-corrected chi connectivity index (χ3v) is 1.74. The van der Waals surface area contributed by atoms with Gasteiger partial charge in [0.25, 0.3) is 0 Å². The van der Waals surface area contributed by atoms with Crippen molar-refractivity contribution in [2.45, 2.75) is 38.9 Å². The smallest absolute Gasteiger partial charge is 0.0780 e. The summed E-state index contributed by atoms with van der Waals surface area (Å²) in [4.78, 5) is 0. The molecule has 0 aliphatic carbocycles. The summed E-state index contributed by atoms with van der Waals surface area (Å²) in [5.74, 6) is 0. The first-order valence-corrected chi connectivity index (χ1v) is 5.15. The Morgan fingerprint density at radius 3 is 2.50 bits per heavy atom. The molecule has 2 atom stereocenters. The summed E-state index contributed by atoms with van der Waals surface area (Å²) in [5.41, 5.74) is 0. The molecule has 0 aliphatic heterocycles. The molecule has 0 aromatic carbocycles. The quantitative estimate of drug-likeness (QED) is 0.541. The molecular formula is C10H22O4. The lowest BCUT2D eigenvalue weighted by Gasteiger charge is -2.13. The Balaban J connectivity index is 3.14. The van der Waals surface area contributed by atoms with Gasteiger partial charge in [-0.05, 0) is 26.7 Å². The zero-order valence-corrected chi connectivity index (χ0v) is 9.11. The molecule has 0 saturated carbocycles. The Morgan fingerprint density at radius 1 is 1.21 bits per heavy atom. The number of aliphatic hydroxyl groups is 2. The monoisotopic (exact) mass is 206 g/mol. The number of rotatable bonds is 9. The highest BCUT2D eigenvalue weighted by molar-refractivity contribution is 4.49. The second kappa shape index (κ2) is 9.40. The fourth-order valence-corrected chi connectivity index (χ4v) is 0.900. The van der Waals surface area contributed by atoms with Crippen LogP contribution in [0.3, 0.4) is 0 Å². The molecule has 4 heteroatoms. The van der Waals surface area contributed by atoms with E-state index in [4.69, 9.17) is 19.7 Å². The minimum absolute atomic E-state index is 0.0514. The molecule has 86 valence electrons. The van der Waals surface area contributed by atoms with Crippen LogP contribution in [0.25, 0.3) is 0 Å². The molecule has 0 aliphatic rings. The molecule has 0 radical (unpaired) electrons. The molecular weight excluding hydrogens is 184 g/mol. The van der Waals surface area contributed by atoms with E-state index in [-0.39, 0.29) is 18.8 Å². The topological polar surface area (TPSA) is 58.9 Å². The Kier molecular flexibility index (Phi) is 9.29. The first-order valence-electron chi connectivity index (χ1n) is 5.15. The van der Waals surface area contributed by atoms with Gasteiger partial charge in [-0.2, -0.15) is 0 Å². The predicted molar refractivity (Wildman–Crippen MR) is 54.2 cm³/mol. The standard InChI is InChI=1S/C10H22O4/c1-9(12)4-7-13-8-10(2)14-6-3-5-11/h9-12H,3-8H2,1-2H3. The van der Waals surface area contributed by atoms with E-state index in [1.165, 1.54) is 0 Å². The maximum absolute atomic E-state index is 8.95. The van der Waals surface area contributed by atoms with Crippen LogP contribution < -0.4 is 0 Å². The second-order valence-electron chi connectivity index (χ2n) is 3.47. The molecule has 0 fully saturated rings. The zero-order valence-electron chi connectivity index (χ0n) is 9.11. The third kappa shape index (κ3) is 9.92. The Labute approximate surface area is 85.8 Å². The van der Waals surface area contributed by atoms with Gasteiger partial charge in [0.1, 0.15) is 0 Å². The maximum atomic E-state index is 8.95. The zero-order chi connectivity index (χ0) is 10.8. The summed E-state index contributed by atoms with van der Waals surface area (Å²) in [6.07, 6.45) is 1.07. The first kappa shape index (κ1) is 13.8. The van der Waals surface area contributed by atoms with Crippen molar-refractivity contribution >= 4 is 0 Å². The van der Waals surface area contributed by atoms with E-state index in [1.54, 1.807) is 6.92 Å². The fourth-order valence-electron chi connectivity index (χ4n) is 0.900. The van der Waals surface area contributed by atoms with Gasteiger partial charge in [-0.15, -0.1) is 0 Å². The van der Waals surface area contributed by atoms with Crippen molar-refractivity contribution in [3.63, 3.8) is 0 Å². The van der Waals surface area contributed by atoms with E-state index in [0.717, 1.165) is 0 Å². The largest absolute Gasteiger partial charge is 0.396 e. The van der Waals surface area contributed by atoms with Gasteiger partial charge >= 0.3 is 0 Å². The van der Waals surface area contributed by atoms with Gasteiger partial charge in [0.05, 0.1) is 18.8 Å². The maximum Gasteiger partial charge on any atom is 0.0780 e. The second-order valence-corrected chi connectivity index (χ2v) is 3.47. The normalized spacial score (nSPS) is 15.4. The SMILES string of the molecule is CC(O)CCOCC(C)OCCCO. The van der Waals surface area contributed by atoms with E-state index in [1.807, 2.05) is 6.92 Å². The van der Waals surface area contributed by atoms with Gasteiger partial charge in [0, 0.05) is 19.8 Å². The van der Waals surface area contributed by atoms with Crippen molar-refractivity contribution in [3.05, 3.63) is 0 Å². The predicted octanol–water partition coefficient (Wildman–Crippen LogP) is 0.561. The molecule has 0 saturated heterocycles. The van der Waals surface area contributed by atoms with Crippen LogP contribution in [-0.2, 0) is 9.47 Å². The summed E-state index contributed by atoms with van der Waals surface area (Å²) in [6, 6.07) is 0. The molecule has 2 unspecified atom stereocenters. The number of aliphatic hydroxyl groups excluding tert-OH is 2. The first-order chi connectivity index (χ1) is 6.66. The number of hydrogen-bond donors (Lipinski definition) is 2. The number of hydrogen-bond acceptors (Lipinski definition) is 4. The minimum Gasteiger partial charge on any atom is -0.396 e. The van der Waals surface area contributed by atoms with Crippen molar-refractivity contribution in [2.75, 3.05) is 26.4 Å². The molecule has 0 bridgehead atoms. The summed E-state index contributed by atoms with van der Waals surface area (Å²) in [7, 11) is 0. The Hall–Kier alpha value is -0.160. The molecule has 0 amide bonds. The lowest BCUT2D eigenvalue weighted by atomic mass is 10.3. The van der Waals surface area contributed by atoms with Crippen molar-refractivity contribution in [2.24, 2.45) is 0 Å². The van der Waals surface area contributed by atoms with Gasteiger partial charge in [-0.25, -0.2) is 0 Å². The van der Waals surface area contributed by atoms with E-state index < -0.39 is 0 Å². The minimum atomic E-state index is -0.305. The highest BCUT2D eigenvalue weighted by atomic mass is 16.5. The molecule has 14 heavy (non-hydrogen) atoms. The molecule has 0 heterocycles. The van der Waals surface area contributed by atoms with Crippen molar-refractivity contribution in [1.82, 2.24) is 0 Å². The van der Waals surface area contributed by atoms with E-state index >= 15 is 0 Å². The summed E-state index contributed by atoms with van der Waals surface area (Å²) < 4.78 is 10.6. The van der Waals surface area contributed by atoms with E-state index in [2.05, 4.69) is 0 Å². The van der Waals surface area contributed by atoms with Gasteiger partial charge in [0.2, 0.25) is 0 Å². The van der Waals surface area contributed by atoms with Gasteiger partial charge < -0.3 is 19.7 Å². The van der Waals surface area contributed by atoms with Crippen LogP contribution in [0.1, 0.15) is 26.7 Å². The van der Waals surface area contributed by atoms with Crippen molar-refractivity contribution in [1.29, 1.82) is 0 Å². The lowest BCUT2D eigenvalue weighted by Crippen LogP contribution is -2.18. The van der Waals surface area contributed by atoms with Gasteiger partial charge in [-0.1, -0.05) is 0 Å². The molecule has 0 aromatic heterocycles. The molecule has 0 aromatic rings. The molecule has 2 N–H and O–H groups in total. The van der Waals surface area contributed by atoms with Crippen LogP contribution in [-0.4, -0.2) is 48.8 Å². The van der Waals surface area contributed by atoms with Crippen LogP contribution in [0, 0.1) is 0 Å². The summed E-state index contributed by atoms with van der Waals surface area (Å²) in [6.45, 7) is 5.50.